The lowest BCUT2D eigenvalue weighted by Crippen LogP contribution is -2.12. The highest BCUT2D eigenvalue weighted by molar-refractivity contribution is 5.25. The predicted molar refractivity (Wildman–Crippen MR) is 73.2 cm³/mol. The van der Waals surface area contributed by atoms with Crippen molar-refractivity contribution in [3.05, 3.63) is 83.9 Å². The SMILES string of the molecule is C1=C[C@@H](c2ccccc2)O[C@@H](c2ccccc2)C1. The van der Waals surface area contributed by atoms with Crippen molar-refractivity contribution in [2.75, 3.05) is 0 Å². The zero-order valence-corrected chi connectivity index (χ0v) is 10.2. The van der Waals surface area contributed by atoms with Gasteiger partial charge >= 0.3 is 0 Å². The molecule has 0 amide bonds. The van der Waals surface area contributed by atoms with Crippen LogP contribution in [0.15, 0.2) is 72.8 Å². The fourth-order valence-electron chi connectivity index (χ4n) is 2.32. The van der Waals surface area contributed by atoms with Crippen molar-refractivity contribution < 1.29 is 4.74 Å². The molecule has 0 fully saturated rings. The molecule has 1 aliphatic heterocycles. The van der Waals surface area contributed by atoms with Gasteiger partial charge in [0.1, 0.15) is 6.10 Å². The van der Waals surface area contributed by atoms with Gasteiger partial charge in [-0.05, 0) is 17.5 Å². The molecule has 3 rings (SSSR count). The molecule has 0 unspecified atom stereocenters. The minimum Gasteiger partial charge on any atom is -0.361 e. The highest BCUT2D eigenvalue weighted by Gasteiger charge is 2.20. The number of rotatable bonds is 2. The summed E-state index contributed by atoms with van der Waals surface area (Å²) in [5, 5.41) is 0. The molecule has 1 aliphatic rings. The summed E-state index contributed by atoms with van der Waals surface area (Å²) in [6, 6.07) is 20.8. The van der Waals surface area contributed by atoms with E-state index < -0.39 is 0 Å². The van der Waals surface area contributed by atoms with Gasteiger partial charge in [-0.25, -0.2) is 0 Å². The van der Waals surface area contributed by atoms with E-state index in [0.29, 0.717) is 0 Å². The Kier molecular flexibility index (Phi) is 3.24. The topological polar surface area (TPSA) is 9.23 Å². The zero-order valence-electron chi connectivity index (χ0n) is 10.2. The van der Waals surface area contributed by atoms with Gasteiger partial charge in [0.25, 0.3) is 0 Å². The third-order valence-electron chi connectivity index (χ3n) is 3.27. The van der Waals surface area contributed by atoms with E-state index in [0.717, 1.165) is 6.42 Å². The lowest BCUT2D eigenvalue weighted by molar-refractivity contribution is 0.00365. The van der Waals surface area contributed by atoms with Crippen LogP contribution in [0.5, 0.6) is 0 Å². The molecule has 0 saturated heterocycles. The second-order valence-corrected chi connectivity index (χ2v) is 4.53. The van der Waals surface area contributed by atoms with Gasteiger partial charge in [-0.2, -0.15) is 0 Å². The Morgan fingerprint density at radius 1 is 0.778 bits per heavy atom. The summed E-state index contributed by atoms with van der Waals surface area (Å²) in [7, 11) is 0. The molecule has 0 aromatic heterocycles. The van der Waals surface area contributed by atoms with E-state index >= 15 is 0 Å². The van der Waals surface area contributed by atoms with Crippen LogP contribution in [-0.4, -0.2) is 0 Å². The van der Waals surface area contributed by atoms with Gasteiger partial charge in [-0.3, -0.25) is 0 Å². The van der Waals surface area contributed by atoms with Gasteiger partial charge in [0.05, 0.1) is 6.10 Å². The fourth-order valence-corrected chi connectivity index (χ4v) is 2.32. The van der Waals surface area contributed by atoms with E-state index in [9.17, 15) is 0 Å². The lowest BCUT2D eigenvalue weighted by Gasteiger charge is -2.26. The molecule has 1 nitrogen and oxygen atoms in total. The second-order valence-electron chi connectivity index (χ2n) is 4.53. The third kappa shape index (κ3) is 2.36. The Bertz CT molecular complexity index is 516. The molecule has 1 heterocycles. The maximum atomic E-state index is 6.17. The van der Waals surface area contributed by atoms with Crippen molar-refractivity contribution in [3.8, 4) is 0 Å². The Morgan fingerprint density at radius 3 is 2.06 bits per heavy atom. The molecule has 18 heavy (non-hydrogen) atoms. The van der Waals surface area contributed by atoms with Gasteiger partial charge in [0.2, 0.25) is 0 Å². The normalized spacial score (nSPS) is 22.9. The van der Waals surface area contributed by atoms with Crippen LogP contribution in [0, 0.1) is 0 Å². The van der Waals surface area contributed by atoms with Crippen LogP contribution in [0.4, 0.5) is 0 Å². The maximum absolute atomic E-state index is 6.17. The van der Waals surface area contributed by atoms with Crippen molar-refractivity contribution in [1.82, 2.24) is 0 Å². The second kappa shape index (κ2) is 5.19. The van der Waals surface area contributed by atoms with Crippen molar-refractivity contribution in [3.63, 3.8) is 0 Å². The van der Waals surface area contributed by atoms with Gasteiger partial charge in [-0.15, -0.1) is 0 Å². The molecule has 90 valence electrons. The Hall–Kier alpha value is -1.86. The standard InChI is InChI=1S/C17H16O/c1-3-8-14(9-4-1)16-12-7-13-17(18-16)15-10-5-2-6-11-15/h1-12,16-17H,13H2/t16-,17+/m0/s1. The first-order valence-corrected chi connectivity index (χ1v) is 6.35. The van der Waals surface area contributed by atoms with E-state index in [1.54, 1.807) is 0 Å². The van der Waals surface area contributed by atoms with Crippen LogP contribution < -0.4 is 0 Å². The van der Waals surface area contributed by atoms with Crippen molar-refractivity contribution in [2.24, 2.45) is 0 Å². The molecule has 0 saturated carbocycles. The molecular weight excluding hydrogens is 220 g/mol. The molecule has 0 N–H and O–H groups in total. The van der Waals surface area contributed by atoms with E-state index in [-0.39, 0.29) is 12.2 Å². The molecule has 0 aliphatic carbocycles. The predicted octanol–water partition coefficient (Wildman–Crippen LogP) is 4.45. The van der Waals surface area contributed by atoms with Gasteiger partial charge < -0.3 is 4.74 Å². The molecule has 2 aromatic rings. The zero-order chi connectivity index (χ0) is 12.2. The molecule has 0 bridgehead atoms. The third-order valence-corrected chi connectivity index (χ3v) is 3.27. The molecule has 0 spiro atoms. The smallest absolute Gasteiger partial charge is 0.101 e. The van der Waals surface area contributed by atoms with Crippen LogP contribution in [0.2, 0.25) is 0 Å². The van der Waals surface area contributed by atoms with Crippen molar-refractivity contribution >= 4 is 0 Å². The monoisotopic (exact) mass is 236 g/mol. The highest BCUT2D eigenvalue weighted by atomic mass is 16.5. The number of benzene rings is 2. The summed E-state index contributed by atoms with van der Waals surface area (Å²) in [5.41, 5.74) is 2.47. The van der Waals surface area contributed by atoms with Gasteiger partial charge in [0, 0.05) is 0 Å². The van der Waals surface area contributed by atoms with E-state index in [4.69, 9.17) is 4.74 Å². The van der Waals surface area contributed by atoms with Crippen molar-refractivity contribution in [1.29, 1.82) is 0 Å². The summed E-state index contributed by atoms with van der Waals surface area (Å²) in [5.74, 6) is 0. The minimum absolute atomic E-state index is 0.0742. The van der Waals surface area contributed by atoms with E-state index in [2.05, 4.69) is 60.7 Å². The van der Waals surface area contributed by atoms with Crippen molar-refractivity contribution in [2.45, 2.75) is 18.6 Å². The molecule has 2 atom stereocenters. The largest absolute Gasteiger partial charge is 0.361 e. The first-order valence-electron chi connectivity index (χ1n) is 6.35. The summed E-state index contributed by atoms with van der Waals surface area (Å²) < 4.78 is 6.17. The number of hydrogen-bond donors (Lipinski definition) is 0. The molecule has 1 heteroatoms. The average molecular weight is 236 g/mol. The van der Waals surface area contributed by atoms with E-state index in [1.807, 2.05) is 12.1 Å². The summed E-state index contributed by atoms with van der Waals surface area (Å²) >= 11 is 0. The first-order chi connectivity index (χ1) is 8.93. The maximum Gasteiger partial charge on any atom is 0.101 e. The van der Waals surface area contributed by atoms with Crippen LogP contribution in [0.1, 0.15) is 29.8 Å². The first kappa shape index (κ1) is 11.2. The Labute approximate surface area is 108 Å². The van der Waals surface area contributed by atoms with Crippen LogP contribution >= 0.6 is 0 Å². The highest BCUT2D eigenvalue weighted by Crippen LogP contribution is 2.34. The van der Waals surface area contributed by atoms with Gasteiger partial charge in [-0.1, -0.05) is 72.8 Å². The fraction of sp³-hybridized carbons (Fsp3) is 0.176. The summed E-state index contributed by atoms with van der Waals surface area (Å²) in [4.78, 5) is 0. The molecule has 0 radical (unpaired) electrons. The quantitative estimate of drug-likeness (QED) is 0.700. The molecular formula is C17H16O. The summed E-state index contributed by atoms with van der Waals surface area (Å²) in [6.45, 7) is 0. The summed E-state index contributed by atoms with van der Waals surface area (Å²) in [6.07, 6.45) is 5.56. The number of ether oxygens (including phenoxy) is 1. The van der Waals surface area contributed by atoms with E-state index in [1.165, 1.54) is 11.1 Å². The Balaban J connectivity index is 1.81. The minimum atomic E-state index is 0.0742. The average Bonchev–Trinajstić information content (AvgIpc) is 2.49. The number of hydrogen-bond acceptors (Lipinski definition) is 1. The molecule has 2 aromatic carbocycles. The van der Waals surface area contributed by atoms with Gasteiger partial charge in [0.15, 0.2) is 0 Å². The lowest BCUT2D eigenvalue weighted by atomic mass is 10.0. The van der Waals surface area contributed by atoms with Crippen LogP contribution in [0.3, 0.4) is 0 Å². The Morgan fingerprint density at radius 2 is 1.39 bits per heavy atom. The van der Waals surface area contributed by atoms with Crippen LogP contribution in [-0.2, 0) is 4.74 Å². The van der Waals surface area contributed by atoms with Crippen LogP contribution in [0.25, 0.3) is 0 Å².